The SMILES string of the molecule is CNCC(=O)NCc1ccc(CN2CCCC(C)C2)cc1.Cl. The number of halogens is 1. The van der Waals surface area contributed by atoms with Crippen molar-refractivity contribution in [3.05, 3.63) is 35.4 Å². The molecule has 1 unspecified atom stereocenters. The number of hydrogen-bond acceptors (Lipinski definition) is 3. The zero-order chi connectivity index (χ0) is 15.1. The highest BCUT2D eigenvalue weighted by molar-refractivity contribution is 5.85. The van der Waals surface area contributed by atoms with Crippen molar-refractivity contribution in [1.82, 2.24) is 15.5 Å². The first kappa shape index (κ1) is 18.9. The van der Waals surface area contributed by atoms with Crippen molar-refractivity contribution in [1.29, 1.82) is 0 Å². The van der Waals surface area contributed by atoms with Gasteiger partial charge in [-0.3, -0.25) is 9.69 Å². The van der Waals surface area contributed by atoms with E-state index < -0.39 is 0 Å². The van der Waals surface area contributed by atoms with E-state index in [1.165, 1.54) is 31.5 Å². The number of benzene rings is 1. The second-order valence-electron chi connectivity index (χ2n) is 6.11. The second-order valence-corrected chi connectivity index (χ2v) is 6.11. The summed E-state index contributed by atoms with van der Waals surface area (Å²) >= 11 is 0. The lowest BCUT2D eigenvalue weighted by Crippen LogP contribution is -2.33. The lowest BCUT2D eigenvalue weighted by atomic mass is 9.99. The minimum absolute atomic E-state index is 0. The maximum atomic E-state index is 11.4. The number of piperidine rings is 1. The van der Waals surface area contributed by atoms with E-state index in [2.05, 4.69) is 46.7 Å². The topological polar surface area (TPSA) is 44.4 Å². The Bertz CT molecular complexity index is 450. The normalized spacial score (nSPS) is 18.5. The Balaban J connectivity index is 0.00000242. The molecule has 1 fully saturated rings. The van der Waals surface area contributed by atoms with E-state index >= 15 is 0 Å². The first-order valence-corrected chi connectivity index (χ1v) is 7.89. The molecule has 5 heteroatoms. The van der Waals surface area contributed by atoms with E-state index in [0.29, 0.717) is 13.1 Å². The van der Waals surface area contributed by atoms with Gasteiger partial charge in [0.1, 0.15) is 0 Å². The van der Waals surface area contributed by atoms with Crippen molar-refractivity contribution in [3.8, 4) is 0 Å². The standard InChI is InChI=1S/C17H27N3O.ClH/c1-14-4-3-9-20(12-14)13-16-7-5-15(6-8-16)10-19-17(21)11-18-2;/h5-8,14,18H,3-4,9-13H2,1-2H3,(H,19,21);1H. The van der Waals surface area contributed by atoms with Gasteiger partial charge < -0.3 is 10.6 Å². The molecule has 1 atom stereocenters. The number of nitrogens with one attached hydrogen (secondary N) is 2. The molecule has 2 rings (SSSR count). The Hall–Kier alpha value is -1.10. The molecule has 1 aliphatic rings. The van der Waals surface area contributed by atoms with Gasteiger partial charge in [-0.15, -0.1) is 12.4 Å². The monoisotopic (exact) mass is 325 g/mol. The van der Waals surface area contributed by atoms with Crippen molar-refractivity contribution >= 4 is 18.3 Å². The average Bonchev–Trinajstić information content (AvgIpc) is 2.47. The van der Waals surface area contributed by atoms with Gasteiger partial charge in [0.15, 0.2) is 0 Å². The van der Waals surface area contributed by atoms with Crippen LogP contribution in [0, 0.1) is 5.92 Å². The van der Waals surface area contributed by atoms with E-state index in [0.717, 1.165) is 18.0 Å². The minimum atomic E-state index is 0. The summed E-state index contributed by atoms with van der Waals surface area (Å²) < 4.78 is 0. The number of carbonyl (C=O) groups is 1. The molecule has 1 amide bonds. The maximum absolute atomic E-state index is 11.4. The molecular formula is C17H28ClN3O. The molecule has 1 saturated heterocycles. The summed E-state index contributed by atoms with van der Waals surface area (Å²) in [6.07, 6.45) is 2.68. The zero-order valence-corrected chi connectivity index (χ0v) is 14.4. The van der Waals surface area contributed by atoms with Crippen molar-refractivity contribution < 1.29 is 4.79 Å². The predicted molar refractivity (Wildman–Crippen MR) is 93.1 cm³/mol. The lowest BCUT2D eigenvalue weighted by Gasteiger charge is -2.30. The maximum Gasteiger partial charge on any atom is 0.234 e. The molecule has 4 nitrogen and oxygen atoms in total. The van der Waals surface area contributed by atoms with Crippen LogP contribution in [0.1, 0.15) is 30.9 Å². The van der Waals surface area contributed by atoms with Gasteiger partial charge in [0.2, 0.25) is 5.91 Å². The van der Waals surface area contributed by atoms with Crippen LogP contribution >= 0.6 is 12.4 Å². The molecule has 1 heterocycles. The van der Waals surface area contributed by atoms with Crippen LogP contribution in [0.3, 0.4) is 0 Å². The van der Waals surface area contributed by atoms with Crippen molar-refractivity contribution in [2.75, 3.05) is 26.7 Å². The summed E-state index contributed by atoms with van der Waals surface area (Å²) in [6.45, 7) is 6.76. The van der Waals surface area contributed by atoms with Crippen LogP contribution in [0.5, 0.6) is 0 Å². The molecule has 124 valence electrons. The fraction of sp³-hybridized carbons (Fsp3) is 0.588. The smallest absolute Gasteiger partial charge is 0.234 e. The minimum Gasteiger partial charge on any atom is -0.351 e. The van der Waals surface area contributed by atoms with Gasteiger partial charge in [0, 0.05) is 19.6 Å². The van der Waals surface area contributed by atoms with Crippen molar-refractivity contribution in [2.24, 2.45) is 5.92 Å². The Kier molecular flexibility index (Phi) is 8.46. The van der Waals surface area contributed by atoms with Crippen molar-refractivity contribution in [2.45, 2.75) is 32.9 Å². The highest BCUT2D eigenvalue weighted by atomic mass is 35.5. The quantitative estimate of drug-likeness (QED) is 0.842. The number of likely N-dealkylation sites (tertiary alicyclic amines) is 1. The molecular weight excluding hydrogens is 298 g/mol. The van der Waals surface area contributed by atoms with Crippen LogP contribution in [0.4, 0.5) is 0 Å². The van der Waals surface area contributed by atoms with E-state index in [9.17, 15) is 4.79 Å². The Morgan fingerprint density at radius 2 is 1.95 bits per heavy atom. The number of carbonyl (C=O) groups excluding carboxylic acids is 1. The van der Waals surface area contributed by atoms with E-state index in [-0.39, 0.29) is 18.3 Å². The van der Waals surface area contributed by atoms with Crippen LogP contribution in [0.15, 0.2) is 24.3 Å². The fourth-order valence-electron chi connectivity index (χ4n) is 2.87. The largest absolute Gasteiger partial charge is 0.351 e. The summed E-state index contributed by atoms with van der Waals surface area (Å²) in [7, 11) is 1.77. The third-order valence-electron chi connectivity index (χ3n) is 4.00. The van der Waals surface area contributed by atoms with Crippen LogP contribution in [0.25, 0.3) is 0 Å². The van der Waals surface area contributed by atoms with Crippen LogP contribution < -0.4 is 10.6 Å². The summed E-state index contributed by atoms with van der Waals surface area (Å²) in [5.41, 5.74) is 2.50. The average molecular weight is 326 g/mol. The first-order valence-electron chi connectivity index (χ1n) is 7.89. The van der Waals surface area contributed by atoms with Gasteiger partial charge in [0.25, 0.3) is 0 Å². The Labute approximate surface area is 140 Å². The molecule has 22 heavy (non-hydrogen) atoms. The zero-order valence-electron chi connectivity index (χ0n) is 13.6. The van der Waals surface area contributed by atoms with Crippen LogP contribution in [-0.2, 0) is 17.9 Å². The predicted octanol–water partition coefficient (Wildman–Crippen LogP) is 2.18. The Morgan fingerprint density at radius 3 is 2.59 bits per heavy atom. The summed E-state index contributed by atoms with van der Waals surface area (Å²) in [6, 6.07) is 8.59. The van der Waals surface area contributed by atoms with E-state index in [1.807, 2.05) is 0 Å². The van der Waals surface area contributed by atoms with Gasteiger partial charge in [-0.05, 0) is 43.5 Å². The number of nitrogens with zero attached hydrogens (tertiary/aromatic N) is 1. The highest BCUT2D eigenvalue weighted by Gasteiger charge is 2.15. The number of likely N-dealkylation sites (N-methyl/N-ethyl adjacent to an activating group) is 1. The van der Waals surface area contributed by atoms with Gasteiger partial charge >= 0.3 is 0 Å². The molecule has 1 aliphatic heterocycles. The van der Waals surface area contributed by atoms with Crippen LogP contribution in [-0.4, -0.2) is 37.5 Å². The highest BCUT2D eigenvalue weighted by Crippen LogP contribution is 2.18. The summed E-state index contributed by atoms with van der Waals surface area (Å²) in [4.78, 5) is 13.9. The molecule has 0 saturated carbocycles. The molecule has 0 aliphatic carbocycles. The van der Waals surface area contributed by atoms with Gasteiger partial charge in [0.05, 0.1) is 6.54 Å². The van der Waals surface area contributed by atoms with Gasteiger partial charge in [-0.2, -0.15) is 0 Å². The third kappa shape index (κ3) is 6.34. The first-order chi connectivity index (χ1) is 10.2. The molecule has 0 bridgehead atoms. The molecule has 0 spiro atoms. The van der Waals surface area contributed by atoms with Crippen LogP contribution in [0.2, 0.25) is 0 Å². The number of amides is 1. The third-order valence-corrected chi connectivity index (χ3v) is 4.00. The van der Waals surface area contributed by atoms with Crippen molar-refractivity contribution in [3.63, 3.8) is 0 Å². The summed E-state index contributed by atoms with van der Waals surface area (Å²) in [5.74, 6) is 0.851. The molecule has 1 aromatic carbocycles. The van der Waals surface area contributed by atoms with Gasteiger partial charge in [-0.25, -0.2) is 0 Å². The number of hydrogen-bond donors (Lipinski definition) is 2. The lowest BCUT2D eigenvalue weighted by molar-refractivity contribution is -0.120. The Morgan fingerprint density at radius 1 is 1.27 bits per heavy atom. The molecule has 2 N–H and O–H groups in total. The van der Waals surface area contributed by atoms with Gasteiger partial charge in [-0.1, -0.05) is 31.2 Å². The fourth-order valence-corrected chi connectivity index (χ4v) is 2.87. The molecule has 1 aromatic rings. The van der Waals surface area contributed by atoms with E-state index in [1.54, 1.807) is 7.05 Å². The summed E-state index contributed by atoms with van der Waals surface area (Å²) in [5, 5.41) is 5.74. The molecule has 0 radical (unpaired) electrons. The van der Waals surface area contributed by atoms with E-state index in [4.69, 9.17) is 0 Å². The second kappa shape index (κ2) is 9.82. The molecule has 0 aromatic heterocycles. The number of rotatable bonds is 6.